The molecule has 0 aromatic heterocycles. The zero-order valence-electron chi connectivity index (χ0n) is 12.4. The molecule has 2 atom stereocenters. The summed E-state index contributed by atoms with van der Waals surface area (Å²) in [6.07, 6.45) is 4.97. The lowest BCUT2D eigenvalue weighted by Crippen LogP contribution is -2.42. The van der Waals surface area contributed by atoms with Gasteiger partial charge in [0.25, 0.3) is 0 Å². The van der Waals surface area contributed by atoms with E-state index in [9.17, 15) is 4.39 Å². The molecule has 0 saturated heterocycles. The van der Waals surface area contributed by atoms with E-state index in [-0.39, 0.29) is 5.82 Å². The van der Waals surface area contributed by atoms with E-state index in [4.69, 9.17) is 0 Å². The van der Waals surface area contributed by atoms with Gasteiger partial charge in [0, 0.05) is 6.04 Å². The van der Waals surface area contributed by atoms with Crippen LogP contribution in [-0.2, 0) is 6.42 Å². The second-order valence-electron chi connectivity index (χ2n) is 6.48. The van der Waals surface area contributed by atoms with Gasteiger partial charge in [-0.25, -0.2) is 4.39 Å². The van der Waals surface area contributed by atoms with Gasteiger partial charge in [-0.2, -0.15) is 0 Å². The van der Waals surface area contributed by atoms with Crippen molar-refractivity contribution in [3.63, 3.8) is 0 Å². The molecule has 0 spiro atoms. The average molecular weight is 263 g/mol. The van der Waals surface area contributed by atoms with Crippen molar-refractivity contribution in [2.24, 2.45) is 11.3 Å². The van der Waals surface area contributed by atoms with Crippen molar-refractivity contribution in [2.45, 2.75) is 52.5 Å². The van der Waals surface area contributed by atoms with Gasteiger partial charge in [0.2, 0.25) is 0 Å². The highest BCUT2D eigenvalue weighted by Gasteiger charge is 2.39. The Bertz CT molecular complexity index is 396. The van der Waals surface area contributed by atoms with Gasteiger partial charge in [-0.3, -0.25) is 0 Å². The van der Waals surface area contributed by atoms with Crippen molar-refractivity contribution in [3.8, 4) is 0 Å². The van der Waals surface area contributed by atoms with Crippen LogP contribution in [-0.4, -0.2) is 12.6 Å². The van der Waals surface area contributed by atoms with Crippen molar-refractivity contribution < 1.29 is 4.39 Å². The second-order valence-corrected chi connectivity index (χ2v) is 6.48. The van der Waals surface area contributed by atoms with Gasteiger partial charge >= 0.3 is 0 Å². The molecule has 2 unspecified atom stereocenters. The standard InChI is InChI=1S/C17H26FN/c1-4-19-16(15-6-5-11-17(15,2)3)12-13-7-9-14(18)10-8-13/h7-10,15-16,19H,4-6,11-12H2,1-3H3. The van der Waals surface area contributed by atoms with Crippen LogP contribution in [0.15, 0.2) is 24.3 Å². The Labute approximate surface area is 116 Å². The first-order chi connectivity index (χ1) is 9.03. The molecular formula is C17H26FN. The molecule has 0 heterocycles. The fourth-order valence-electron chi connectivity index (χ4n) is 3.59. The summed E-state index contributed by atoms with van der Waals surface area (Å²) in [6, 6.07) is 7.48. The van der Waals surface area contributed by atoms with E-state index in [1.807, 2.05) is 12.1 Å². The number of halogens is 1. The molecular weight excluding hydrogens is 237 g/mol. The average Bonchev–Trinajstić information content (AvgIpc) is 2.71. The number of hydrogen-bond donors (Lipinski definition) is 1. The molecule has 1 nitrogen and oxygen atoms in total. The van der Waals surface area contributed by atoms with Crippen LogP contribution in [0, 0.1) is 17.2 Å². The van der Waals surface area contributed by atoms with E-state index in [1.165, 1.54) is 24.8 Å². The fraction of sp³-hybridized carbons (Fsp3) is 0.647. The minimum Gasteiger partial charge on any atom is -0.314 e. The maximum atomic E-state index is 13.0. The highest BCUT2D eigenvalue weighted by atomic mass is 19.1. The Balaban J connectivity index is 2.09. The largest absolute Gasteiger partial charge is 0.314 e. The van der Waals surface area contributed by atoms with E-state index < -0.39 is 0 Å². The zero-order valence-corrected chi connectivity index (χ0v) is 12.4. The minimum atomic E-state index is -0.148. The summed E-state index contributed by atoms with van der Waals surface area (Å²) in [5.41, 5.74) is 1.66. The summed E-state index contributed by atoms with van der Waals surface area (Å²) in [4.78, 5) is 0. The molecule has 2 heteroatoms. The van der Waals surface area contributed by atoms with Crippen LogP contribution in [0.2, 0.25) is 0 Å². The Kier molecular flexibility index (Phi) is 4.62. The number of benzene rings is 1. The summed E-state index contributed by atoms with van der Waals surface area (Å²) in [6.45, 7) is 7.94. The van der Waals surface area contributed by atoms with E-state index in [0.717, 1.165) is 18.9 Å². The Morgan fingerprint density at radius 1 is 1.32 bits per heavy atom. The molecule has 19 heavy (non-hydrogen) atoms. The summed E-state index contributed by atoms with van der Waals surface area (Å²) < 4.78 is 13.0. The molecule has 0 amide bonds. The highest BCUT2D eigenvalue weighted by Crippen LogP contribution is 2.44. The SMILES string of the molecule is CCNC(Cc1ccc(F)cc1)C1CCCC1(C)C. The number of nitrogens with one attached hydrogen (secondary N) is 1. The summed E-state index contributed by atoms with van der Waals surface area (Å²) in [7, 11) is 0. The first-order valence-electron chi connectivity index (χ1n) is 7.51. The van der Waals surface area contributed by atoms with E-state index in [1.54, 1.807) is 12.1 Å². The van der Waals surface area contributed by atoms with Gasteiger partial charge in [0.05, 0.1) is 0 Å². The predicted octanol–water partition coefficient (Wildman–Crippen LogP) is 4.17. The molecule has 2 rings (SSSR count). The summed E-state index contributed by atoms with van der Waals surface area (Å²) in [5.74, 6) is 0.572. The van der Waals surface area contributed by atoms with Gasteiger partial charge in [0.1, 0.15) is 5.82 Å². The van der Waals surface area contributed by atoms with E-state index in [0.29, 0.717) is 11.5 Å². The summed E-state index contributed by atoms with van der Waals surface area (Å²) in [5, 5.41) is 3.65. The van der Waals surface area contributed by atoms with Crippen LogP contribution in [0.4, 0.5) is 4.39 Å². The second kappa shape index (κ2) is 6.04. The molecule has 1 fully saturated rings. The predicted molar refractivity (Wildman–Crippen MR) is 78.7 cm³/mol. The highest BCUT2D eigenvalue weighted by molar-refractivity contribution is 5.18. The first kappa shape index (κ1) is 14.5. The molecule has 1 aromatic carbocycles. The molecule has 0 aliphatic heterocycles. The van der Waals surface area contributed by atoms with Crippen molar-refractivity contribution in [2.75, 3.05) is 6.54 Å². The van der Waals surface area contributed by atoms with Crippen molar-refractivity contribution in [3.05, 3.63) is 35.6 Å². The fourth-order valence-corrected chi connectivity index (χ4v) is 3.59. The van der Waals surface area contributed by atoms with Crippen LogP contribution in [0.25, 0.3) is 0 Å². The Hall–Kier alpha value is -0.890. The molecule has 1 aliphatic carbocycles. The monoisotopic (exact) mass is 263 g/mol. The van der Waals surface area contributed by atoms with Crippen molar-refractivity contribution >= 4 is 0 Å². The van der Waals surface area contributed by atoms with Gasteiger partial charge in [0.15, 0.2) is 0 Å². The molecule has 1 N–H and O–H groups in total. The minimum absolute atomic E-state index is 0.148. The van der Waals surface area contributed by atoms with Crippen LogP contribution < -0.4 is 5.32 Å². The lowest BCUT2D eigenvalue weighted by atomic mass is 9.76. The van der Waals surface area contributed by atoms with Crippen LogP contribution in [0.5, 0.6) is 0 Å². The number of rotatable bonds is 5. The van der Waals surface area contributed by atoms with Gasteiger partial charge in [-0.05, 0) is 54.8 Å². The zero-order chi connectivity index (χ0) is 13.9. The van der Waals surface area contributed by atoms with Gasteiger partial charge in [-0.15, -0.1) is 0 Å². The molecule has 1 aromatic rings. The topological polar surface area (TPSA) is 12.0 Å². The van der Waals surface area contributed by atoms with E-state index >= 15 is 0 Å². The summed E-state index contributed by atoms with van der Waals surface area (Å²) >= 11 is 0. The molecule has 1 aliphatic rings. The van der Waals surface area contributed by atoms with Crippen LogP contribution >= 0.6 is 0 Å². The first-order valence-corrected chi connectivity index (χ1v) is 7.51. The van der Waals surface area contributed by atoms with Crippen LogP contribution in [0.1, 0.15) is 45.6 Å². The number of likely N-dealkylation sites (N-methyl/N-ethyl adjacent to an activating group) is 1. The van der Waals surface area contributed by atoms with Crippen molar-refractivity contribution in [1.82, 2.24) is 5.32 Å². The smallest absolute Gasteiger partial charge is 0.123 e. The molecule has 0 radical (unpaired) electrons. The third-order valence-electron chi connectivity index (χ3n) is 4.66. The Morgan fingerprint density at radius 3 is 2.53 bits per heavy atom. The third kappa shape index (κ3) is 3.56. The maximum absolute atomic E-state index is 13.0. The van der Waals surface area contributed by atoms with Gasteiger partial charge in [-0.1, -0.05) is 39.3 Å². The molecule has 0 bridgehead atoms. The van der Waals surface area contributed by atoms with E-state index in [2.05, 4.69) is 26.1 Å². The lowest BCUT2D eigenvalue weighted by Gasteiger charge is -2.35. The lowest BCUT2D eigenvalue weighted by molar-refractivity contribution is 0.197. The quantitative estimate of drug-likeness (QED) is 0.840. The molecule has 106 valence electrons. The van der Waals surface area contributed by atoms with Crippen LogP contribution in [0.3, 0.4) is 0 Å². The van der Waals surface area contributed by atoms with Gasteiger partial charge < -0.3 is 5.32 Å². The maximum Gasteiger partial charge on any atom is 0.123 e. The van der Waals surface area contributed by atoms with Crippen molar-refractivity contribution in [1.29, 1.82) is 0 Å². The third-order valence-corrected chi connectivity index (χ3v) is 4.66. The molecule has 1 saturated carbocycles. The number of hydrogen-bond acceptors (Lipinski definition) is 1. The Morgan fingerprint density at radius 2 is 2.00 bits per heavy atom. The normalized spacial score (nSPS) is 23.5.